The molecule has 2 heteroatoms. The summed E-state index contributed by atoms with van der Waals surface area (Å²) in [6.07, 6.45) is 0. The molecule has 0 saturated carbocycles. The maximum atomic E-state index is 2.53. The van der Waals surface area contributed by atoms with Crippen LogP contribution in [-0.2, 0) is 10.8 Å². The summed E-state index contributed by atoms with van der Waals surface area (Å²) in [7, 11) is 0. The highest BCUT2D eigenvalue weighted by Gasteiger charge is 2.43. The van der Waals surface area contributed by atoms with Gasteiger partial charge in [0.2, 0.25) is 0 Å². The van der Waals surface area contributed by atoms with Crippen molar-refractivity contribution in [3.8, 4) is 22.3 Å². The van der Waals surface area contributed by atoms with Crippen LogP contribution in [0.2, 0.25) is 0 Å². The lowest BCUT2D eigenvalue weighted by Gasteiger charge is -2.31. The van der Waals surface area contributed by atoms with Gasteiger partial charge in [0.05, 0.1) is 11.4 Å². The van der Waals surface area contributed by atoms with Crippen LogP contribution in [0.25, 0.3) is 54.6 Å². The van der Waals surface area contributed by atoms with Crippen molar-refractivity contribution in [2.45, 2.75) is 80.1 Å². The summed E-state index contributed by atoms with van der Waals surface area (Å²) in [6, 6.07) is 64.9. The van der Waals surface area contributed by atoms with Gasteiger partial charge in [0.25, 0.3) is 0 Å². The van der Waals surface area contributed by atoms with Gasteiger partial charge in [-0.2, -0.15) is 0 Å². The first-order valence-electron chi connectivity index (χ1n) is 24.3. The minimum atomic E-state index is -0.283. The van der Waals surface area contributed by atoms with Gasteiger partial charge in [-0.1, -0.05) is 171 Å². The van der Waals surface area contributed by atoms with E-state index in [1.807, 2.05) is 0 Å². The van der Waals surface area contributed by atoms with Crippen LogP contribution >= 0.6 is 0 Å². The molecular formula is C66H58N2. The first-order valence-corrected chi connectivity index (χ1v) is 24.3. The molecule has 0 spiro atoms. The van der Waals surface area contributed by atoms with Crippen LogP contribution in [-0.4, -0.2) is 0 Å². The summed E-state index contributed by atoms with van der Waals surface area (Å²) < 4.78 is 0. The molecular weight excluding hydrogens is 821 g/mol. The van der Waals surface area contributed by atoms with E-state index in [0.29, 0.717) is 0 Å². The highest BCUT2D eigenvalue weighted by molar-refractivity contribution is 6.16. The van der Waals surface area contributed by atoms with E-state index in [1.165, 1.54) is 133 Å². The number of benzene rings is 10. The first kappa shape index (κ1) is 42.0. The molecule has 0 radical (unpaired) electrons. The largest absolute Gasteiger partial charge is 0.310 e. The van der Waals surface area contributed by atoms with Gasteiger partial charge in [0.1, 0.15) is 0 Å². The van der Waals surface area contributed by atoms with Crippen molar-refractivity contribution in [1.82, 2.24) is 0 Å². The number of rotatable bonds is 6. The molecule has 10 aromatic carbocycles. The molecule has 332 valence electrons. The van der Waals surface area contributed by atoms with Crippen molar-refractivity contribution in [2.75, 3.05) is 9.80 Å². The Morgan fingerprint density at radius 3 is 1.03 bits per heavy atom. The molecule has 2 aliphatic rings. The summed E-state index contributed by atoms with van der Waals surface area (Å²) in [5, 5.41) is 7.79. The summed E-state index contributed by atoms with van der Waals surface area (Å²) in [5.74, 6) is 0. The van der Waals surface area contributed by atoms with Gasteiger partial charge in [0.15, 0.2) is 0 Å². The number of hydrogen-bond acceptors (Lipinski definition) is 2. The Morgan fingerprint density at radius 2 is 0.662 bits per heavy atom. The van der Waals surface area contributed by atoms with Crippen LogP contribution in [0, 0.1) is 41.5 Å². The van der Waals surface area contributed by atoms with Gasteiger partial charge < -0.3 is 9.80 Å². The number of aryl methyl sites for hydroxylation is 6. The Kier molecular flexibility index (Phi) is 9.29. The molecule has 0 aliphatic heterocycles. The second-order valence-electron chi connectivity index (χ2n) is 21.0. The van der Waals surface area contributed by atoms with Crippen molar-refractivity contribution in [3.05, 3.63) is 225 Å². The highest BCUT2D eigenvalue weighted by Crippen LogP contribution is 2.60. The zero-order valence-corrected chi connectivity index (χ0v) is 41.1. The third kappa shape index (κ3) is 6.09. The van der Waals surface area contributed by atoms with Crippen LogP contribution in [0.5, 0.6) is 0 Å². The molecule has 0 amide bonds. The number of anilines is 6. The number of hydrogen-bond donors (Lipinski definition) is 0. The third-order valence-electron chi connectivity index (χ3n) is 15.6. The average molecular weight is 879 g/mol. The van der Waals surface area contributed by atoms with E-state index in [2.05, 4.69) is 249 Å². The first-order chi connectivity index (χ1) is 32.7. The molecule has 0 unspecified atom stereocenters. The van der Waals surface area contributed by atoms with Crippen molar-refractivity contribution in [3.63, 3.8) is 0 Å². The lowest BCUT2D eigenvalue weighted by molar-refractivity contribution is 0.662. The zero-order chi connectivity index (χ0) is 47.0. The van der Waals surface area contributed by atoms with Gasteiger partial charge in [0, 0.05) is 44.4 Å². The van der Waals surface area contributed by atoms with Gasteiger partial charge in [-0.05, 0) is 167 Å². The maximum absolute atomic E-state index is 2.53. The molecule has 2 nitrogen and oxygen atoms in total. The zero-order valence-electron chi connectivity index (χ0n) is 41.1. The minimum absolute atomic E-state index is 0.283. The molecule has 0 bridgehead atoms. The lowest BCUT2D eigenvalue weighted by Crippen LogP contribution is -2.19. The molecule has 0 heterocycles. The van der Waals surface area contributed by atoms with Crippen LogP contribution in [0.15, 0.2) is 170 Å². The van der Waals surface area contributed by atoms with Crippen molar-refractivity contribution < 1.29 is 0 Å². The van der Waals surface area contributed by atoms with Crippen molar-refractivity contribution in [1.29, 1.82) is 0 Å². The smallest absolute Gasteiger partial charge is 0.0543 e. The Hall–Kier alpha value is -7.42. The Balaban J connectivity index is 1.07. The van der Waals surface area contributed by atoms with Crippen LogP contribution in [0.1, 0.15) is 83.3 Å². The van der Waals surface area contributed by atoms with Gasteiger partial charge in [-0.25, -0.2) is 0 Å². The predicted octanol–water partition coefficient (Wildman–Crippen LogP) is 18.5. The highest BCUT2D eigenvalue weighted by atomic mass is 15.2. The maximum Gasteiger partial charge on any atom is 0.0543 e. The monoisotopic (exact) mass is 878 g/mol. The molecule has 2 aliphatic carbocycles. The molecule has 10 aromatic rings. The van der Waals surface area contributed by atoms with E-state index in [-0.39, 0.29) is 10.8 Å². The van der Waals surface area contributed by atoms with E-state index in [1.54, 1.807) is 0 Å². The van der Waals surface area contributed by atoms with Crippen LogP contribution in [0.4, 0.5) is 34.1 Å². The van der Waals surface area contributed by atoms with Crippen LogP contribution < -0.4 is 9.80 Å². The summed E-state index contributed by atoms with van der Waals surface area (Å²) in [6.45, 7) is 23.0. The molecule has 12 rings (SSSR count). The van der Waals surface area contributed by atoms with E-state index >= 15 is 0 Å². The predicted molar refractivity (Wildman–Crippen MR) is 292 cm³/mol. The van der Waals surface area contributed by atoms with Gasteiger partial charge in [-0.3, -0.25) is 0 Å². The third-order valence-corrected chi connectivity index (χ3v) is 15.6. The van der Waals surface area contributed by atoms with E-state index in [9.17, 15) is 0 Å². The standard InChI is InChI=1S/C66H58N2/c1-39-19-25-45(26-20-39)67(57-33-23-41(3)35-43(57)5)59-37-55-61(49-17-13-11-15-47(49)59)53-31-29-52-51(63(53)65(55,7)8)30-32-54-62-50-18-14-12-16-48(50)60(38-56(62)66(9,10)64(52)54)68(46-27-21-40(2)22-28-46)58-34-24-42(4)36-44(58)6/h11-38H,1-10H3. The Labute approximate surface area is 402 Å². The number of nitrogens with zero attached hydrogens (tertiary/aromatic N) is 2. The van der Waals surface area contributed by atoms with E-state index in [4.69, 9.17) is 0 Å². The van der Waals surface area contributed by atoms with Gasteiger partial charge in [-0.15, -0.1) is 0 Å². The summed E-state index contributed by atoms with van der Waals surface area (Å²) in [5.41, 5.74) is 25.1. The minimum Gasteiger partial charge on any atom is -0.310 e. The van der Waals surface area contributed by atoms with Crippen molar-refractivity contribution >= 4 is 66.4 Å². The van der Waals surface area contributed by atoms with E-state index < -0.39 is 0 Å². The second-order valence-corrected chi connectivity index (χ2v) is 21.0. The second kappa shape index (κ2) is 15.0. The summed E-state index contributed by atoms with van der Waals surface area (Å²) in [4.78, 5) is 5.00. The molecule has 68 heavy (non-hydrogen) atoms. The molecule has 0 aromatic heterocycles. The topological polar surface area (TPSA) is 6.48 Å². The SMILES string of the molecule is Cc1ccc(N(c2ccc(C)cc2C)c2cc3c(c4ccccc24)-c2ccc4c5c(ccc4c2C3(C)C)-c2c(cc(N(c3ccc(C)cc3)c3ccc(C)cc3C)c3ccccc23)C5(C)C)cc1. The fraction of sp³-hybridized carbons (Fsp3) is 0.182. The fourth-order valence-corrected chi connectivity index (χ4v) is 12.4. The van der Waals surface area contributed by atoms with Crippen molar-refractivity contribution in [2.24, 2.45) is 0 Å². The molecule has 0 N–H and O–H groups in total. The fourth-order valence-electron chi connectivity index (χ4n) is 12.4. The van der Waals surface area contributed by atoms with Crippen LogP contribution in [0.3, 0.4) is 0 Å². The lowest BCUT2D eigenvalue weighted by atomic mass is 9.76. The Bertz CT molecular complexity index is 3490. The summed E-state index contributed by atoms with van der Waals surface area (Å²) >= 11 is 0. The molecule has 0 fully saturated rings. The van der Waals surface area contributed by atoms with Gasteiger partial charge >= 0.3 is 0 Å². The Morgan fingerprint density at radius 1 is 0.309 bits per heavy atom. The normalized spacial score (nSPS) is 14.0. The average Bonchev–Trinajstić information content (AvgIpc) is 3.71. The van der Waals surface area contributed by atoms with E-state index in [0.717, 1.165) is 11.4 Å². The molecule has 0 saturated heterocycles. The quantitative estimate of drug-likeness (QED) is 0.164. The number of fused-ring (bicyclic) bond motifs is 13. The molecule has 0 atom stereocenters.